The van der Waals surface area contributed by atoms with Crippen molar-refractivity contribution >= 4 is 45.1 Å². The Morgan fingerprint density at radius 3 is 2.96 bits per heavy atom. The molecular weight excluding hydrogens is 376 g/mol. The van der Waals surface area contributed by atoms with E-state index < -0.39 is 5.97 Å². The highest BCUT2D eigenvalue weighted by molar-refractivity contribution is 7.99. The molecule has 0 aromatic carbocycles. The number of carbonyl (C=O) groups excluding carboxylic acids is 2. The average Bonchev–Trinajstić information content (AvgIpc) is 3.27. The van der Waals surface area contributed by atoms with Crippen molar-refractivity contribution in [3.8, 4) is 0 Å². The van der Waals surface area contributed by atoms with Gasteiger partial charge in [-0.15, -0.1) is 11.3 Å². The Balaban J connectivity index is 1.83. The summed E-state index contributed by atoms with van der Waals surface area (Å²) in [6.07, 6.45) is 1.25. The number of aromatic nitrogens is 2. The highest BCUT2D eigenvalue weighted by Gasteiger charge is 2.17. The van der Waals surface area contributed by atoms with Gasteiger partial charge in [-0.2, -0.15) is 0 Å². The van der Waals surface area contributed by atoms with Gasteiger partial charge in [0.25, 0.3) is 5.56 Å². The number of Topliss-reactive ketones (excluding diaryl/α,β-unsaturated/α-hetero) is 1. The molecule has 3 rings (SSSR count). The Kier molecular flexibility index (Phi) is 5.89. The van der Waals surface area contributed by atoms with Crippen molar-refractivity contribution in [3.63, 3.8) is 0 Å². The van der Waals surface area contributed by atoms with E-state index in [9.17, 15) is 14.4 Å². The van der Waals surface area contributed by atoms with E-state index in [-0.39, 0.29) is 36.7 Å². The third-order valence-electron chi connectivity index (χ3n) is 3.43. The number of rotatable bonds is 8. The van der Waals surface area contributed by atoms with Crippen molar-refractivity contribution in [2.24, 2.45) is 0 Å². The molecule has 0 amide bonds. The second kappa shape index (κ2) is 8.33. The molecule has 0 spiro atoms. The predicted octanol–water partition coefficient (Wildman–Crippen LogP) is 2.71. The Morgan fingerprint density at radius 2 is 2.23 bits per heavy atom. The largest absolute Gasteiger partial charge is 0.467 e. The maximum absolute atomic E-state index is 12.8. The minimum atomic E-state index is -0.549. The zero-order valence-electron chi connectivity index (χ0n) is 14.0. The molecule has 7 nitrogen and oxygen atoms in total. The van der Waals surface area contributed by atoms with E-state index in [1.165, 1.54) is 22.2 Å². The number of ketones is 1. The summed E-state index contributed by atoms with van der Waals surface area (Å²) in [4.78, 5) is 40.6. The van der Waals surface area contributed by atoms with Crippen molar-refractivity contribution in [1.82, 2.24) is 9.55 Å². The fourth-order valence-corrected chi connectivity index (χ4v) is 3.94. The molecule has 0 bridgehead atoms. The van der Waals surface area contributed by atoms with Crippen molar-refractivity contribution in [3.05, 3.63) is 46.0 Å². The van der Waals surface area contributed by atoms with Crippen LogP contribution in [0.2, 0.25) is 0 Å². The van der Waals surface area contributed by atoms with Gasteiger partial charge in [0.1, 0.15) is 16.9 Å². The van der Waals surface area contributed by atoms with Crippen LogP contribution in [0.4, 0.5) is 0 Å². The van der Waals surface area contributed by atoms with Gasteiger partial charge in [0.05, 0.1) is 30.7 Å². The lowest BCUT2D eigenvalue weighted by molar-refractivity contribution is -0.145. The highest BCUT2D eigenvalue weighted by Crippen LogP contribution is 2.22. The molecule has 0 unspecified atom stereocenters. The Hall–Kier alpha value is -2.39. The number of hydrogen-bond donors (Lipinski definition) is 0. The normalized spacial score (nSPS) is 11.0. The first-order valence-corrected chi connectivity index (χ1v) is 9.75. The van der Waals surface area contributed by atoms with E-state index in [4.69, 9.17) is 9.15 Å². The van der Waals surface area contributed by atoms with Crippen LogP contribution >= 0.6 is 23.1 Å². The van der Waals surface area contributed by atoms with Gasteiger partial charge in [0.2, 0.25) is 0 Å². The monoisotopic (exact) mass is 392 g/mol. The zero-order chi connectivity index (χ0) is 18.5. The third-order valence-corrected chi connectivity index (χ3v) is 5.36. The number of ether oxygens (including phenoxy) is 1. The molecule has 0 atom stereocenters. The first-order chi connectivity index (χ1) is 12.6. The van der Waals surface area contributed by atoms with Gasteiger partial charge in [-0.05, 0) is 30.5 Å². The van der Waals surface area contributed by atoms with Crippen LogP contribution in [0.25, 0.3) is 10.2 Å². The highest BCUT2D eigenvalue weighted by atomic mass is 32.2. The van der Waals surface area contributed by atoms with Gasteiger partial charge in [0.15, 0.2) is 10.9 Å². The number of fused-ring (bicyclic) bond motifs is 1. The van der Waals surface area contributed by atoms with Crippen molar-refractivity contribution in [1.29, 1.82) is 0 Å². The Morgan fingerprint density at radius 1 is 1.38 bits per heavy atom. The fourth-order valence-electron chi connectivity index (χ4n) is 2.30. The van der Waals surface area contributed by atoms with Crippen molar-refractivity contribution in [2.45, 2.75) is 25.0 Å². The molecule has 3 heterocycles. The van der Waals surface area contributed by atoms with Crippen LogP contribution in [0.1, 0.15) is 19.1 Å². The first kappa shape index (κ1) is 18.4. The van der Waals surface area contributed by atoms with Crippen LogP contribution in [0.15, 0.2) is 44.2 Å². The van der Waals surface area contributed by atoms with E-state index in [2.05, 4.69) is 4.98 Å². The van der Waals surface area contributed by atoms with Crippen LogP contribution in [0.3, 0.4) is 0 Å². The van der Waals surface area contributed by atoms with Crippen molar-refractivity contribution in [2.75, 3.05) is 12.4 Å². The van der Waals surface area contributed by atoms with Crippen LogP contribution in [0.5, 0.6) is 0 Å². The quantitative estimate of drug-likeness (QED) is 0.252. The summed E-state index contributed by atoms with van der Waals surface area (Å²) < 4.78 is 12.1. The summed E-state index contributed by atoms with van der Waals surface area (Å²) in [5.74, 6) is -0.187. The lowest BCUT2D eigenvalue weighted by Crippen LogP contribution is -2.23. The summed E-state index contributed by atoms with van der Waals surface area (Å²) in [7, 11) is 0. The molecule has 0 saturated heterocycles. The Bertz CT molecular complexity index is 975. The molecule has 0 N–H and O–H groups in total. The number of thioether (sulfide) groups is 1. The van der Waals surface area contributed by atoms with Gasteiger partial charge in [0, 0.05) is 0 Å². The van der Waals surface area contributed by atoms with Gasteiger partial charge < -0.3 is 9.15 Å². The number of esters is 1. The molecule has 3 aromatic rings. The van der Waals surface area contributed by atoms with Gasteiger partial charge in [-0.25, -0.2) is 4.98 Å². The van der Waals surface area contributed by atoms with E-state index >= 15 is 0 Å². The summed E-state index contributed by atoms with van der Waals surface area (Å²) in [5.41, 5.74) is 0.415. The maximum atomic E-state index is 12.8. The van der Waals surface area contributed by atoms with Crippen LogP contribution < -0.4 is 5.56 Å². The Labute approximate surface area is 157 Å². The molecule has 26 heavy (non-hydrogen) atoms. The van der Waals surface area contributed by atoms with E-state index in [1.807, 2.05) is 0 Å². The van der Waals surface area contributed by atoms with Gasteiger partial charge in [-0.3, -0.25) is 19.0 Å². The summed E-state index contributed by atoms with van der Waals surface area (Å²) >= 11 is 2.45. The summed E-state index contributed by atoms with van der Waals surface area (Å²) in [5, 5.41) is 2.21. The number of furan rings is 1. The van der Waals surface area contributed by atoms with Gasteiger partial charge >= 0.3 is 5.97 Å². The molecule has 0 aliphatic carbocycles. The minimum Gasteiger partial charge on any atom is -0.467 e. The van der Waals surface area contributed by atoms with E-state index in [1.54, 1.807) is 30.5 Å². The van der Waals surface area contributed by atoms with E-state index in [0.29, 0.717) is 21.1 Å². The van der Waals surface area contributed by atoms with Crippen LogP contribution in [0, 0.1) is 0 Å². The topological polar surface area (TPSA) is 91.4 Å². The van der Waals surface area contributed by atoms with Crippen molar-refractivity contribution < 1.29 is 18.7 Å². The third kappa shape index (κ3) is 4.23. The second-order valence-corrected chi connectivity index (χ2v) is 7.17. The number of thiophene rings is 1. The number of hydrogen-bond acceptors (Lipinski definition) is 8. The smallest absolute Gasteiger partial charge is 0.313 e. The SMILES string of the molecule is CCOC(=O)CC(=O)CSc1nc2ccsc2c(=O)n1Cc1ccco1. The summed E-state index contributed by atoms with van der Waals surface area (Å²) in [6.45, 7) is 2.14. The lowest BCUT2D eigenvalue weighted by atomic mass is 10.3. The molecule has 9 heteroatoms. The summed E-state index contributed by atoms with van der Waals surface area (Å²) in [6, 6.07) is 5.28. The first-order valence-electron chi connectivity index (χ1n) is 7.89. The van der Waals surface area contributed by atoms with Crippen LogP contribution in [-0.4, -0.2) is 33.7 Å². The zero-order valence-corrected chi connectivity index (χ0v) is 15.6. The molecule has 0 aliphatic heterocycles. The molecule has 3 aromatic heterocycles. The molecule has 0 saturated carbocycles. The molecule has 136 valence electrons. The number of carbonyl (C=O) groups is 2. The second-order valence-electron chi connectivity index (χ2n) is 5.31. The predicted molar refractivity (Wildman–Crippen MR) is 98.7 cm³/mol. The van der Waals surface area contributed by atoms with Crippen LogP contribution in [-0.2, 0) is 20.9 Å². The minimum absolute atomic E-state index is 0.0268. The molecule has 0 radical (unpaired) electrons. The average molecular weight is 392 g/mol. The maximum Gasteiger partial charge on any atom is 0.313 e. The molecule has 0 aliphatic rings. The molecular formula is C17H16N2O5S2. The van der Waals surface area contributed by atoms with Gasteiger partial charge in [-0.1, -0.05) is 11.8 Å². The lowest BCUT2D eigenvalue weighted by Gasteiger charge is -2.10. The number of nitrogens with zero attached hydrogens (tertiary/aromatic N) is 2. The molecule has 0 fully saturated rings. The standard InChI is InChI=1S/C17H16N2O5S2/c1-2-23-14(21)8-11(20)10-26-17-18-13-5-7-25-15(13)16(22)19(17)9-12-4-3-6-24-12/h3-7H,2,8-10H2,1H3. The fraction of sp³-hybridized carbons (Fsp3) is 0.294. The van der Waals surface area contributed by atoms with E-state index in [0.717, 1.165) is 11.8 Å².